The van der Waals surface area contributed by atoms with Crippen LogP contribution >= 0.6 is 0 Å². The van der Waals surface area contributed by atoms with Gasteiger partial charge < -0.3 is 5.32 Å². The van der Waals surface area contributed by atoms with Gasteiger partial charge in [-0.05, 0) is 31.0 Å². The van der Waals surface area contributed by atoms with Crippen molar-refractivity contribution in [3.63, 3.8) is 0 Å². The molecule has 0 radical (unpaired) electrons. The van der Waals surface area contributed by atoms with Crippen LogP contribution in [0.15, 0.2) is 0 Å². The summed E-state index contributed by atoms with van der Waals surface area (Å²) in [5.74, 6) is 0. The first-order chi connectivity index (χ1) is 8.22. The van der Waals surface area contributed by atoms with E-state index in [0.717, 1.165) is 12.8 Å². The molecule has 4 nitrogen and oxygen atoms in total. The second-order valence-corrected chi connectivity index (χ2v) is 11.4. The van der Waals surface area contributed by atoms with Crippen molar-refractivity contribution in [2.24, 2.45) is 0 Å². The molecule has 0 unspecified atom stereocenters. The molecule has 1 amide bonds. The minimum absolute atomic E-state index is 0.0398. The van der Waals surface area contributed by atoms with Gasteiger partial charge in [0.05, 0.1) is 0 Å². The molecule has 1 rings (SSSR count). The highest BCUT2D eigenvalue weighted by molar-refractivity contribution is 6.73. The molecule has 5 heteroatoms. The van der Waals surface area contributed by atoms with Gasteiger partial charge in [0.25, 0.3) is 8.32 Å². The van der Waals surface area contributed by atoms with E-state index in [0.29, 0.717) is 0 Å². The summed E-state index contributed by atoms with van der Waals surface area (Å²) in [4.78, 5) is 16.6. The highest BCUT2D eigenvalue weighted by Gasteiger charge is 2.40. The maximum absolute atomic E-state index is 11.6. The molecule has 0 aromatic carbocycles. The van der Waals surface area contributed by atoms with E-state index in [-0.39, 0.29) is 11.1 Å². The molecule has 1 fully saturated rings. The summed E-state index contributed by atoms with van der Waals surface area (Å²) in [5.41, 5.74) is 0. The molecule has 1 aliphatic carbocycles. The zero-order valence-corrected chi connectivity index (χ0v) is 13.3. The second-order valence-electron chi connectivity index (χ2n) is 6.69. The van der Waals surface area contributed by atoms with Crippen LogP contribution in [0.2, 0.25) is 18.1 Å². The number of hydrogen-bond acceptors (Lipinski definition) is 3. The lowest BCUT2D eigenvalue weighted by Crippen LogP contribution is -2.44. The summed E-state index contributed by atoms with van der Waals surface area (Å²) >= 11 is 0. The molecular weight excluding hydrogens is 246 g/mol. The highest BCUT2D eigenvalue weighted by Crippen LogP contribution is 2.36. The molecule has 0 atom stereocenters. The third-order valence-corrected chi connectivity index (χ3v) is 8.17. The van der Waals surface area contributed by atoms with Crippen molar-refractivity contribution in [1.29, 1.82) is 0 Å². The molecule has 0 saturated heterocycles. The lowest BCUT2D eigenvalue weighted by atomic mass is 9.96. The first kappa shape index (κ1) is 15.5. The summed E-state index contributed by atoms with van der Waals surface area (Å²) in [6, 6.07) is 0.259. The summed E-state index contributed by atoms with van der Waals surface area (Å²) in [6.07, 6.45) is 5.31. The fourth-order valence-electron chi connectivity index (χ4n) is 1.70. The number of amides is 1. The first-order valence-corrected chi connectivity index (χ1v) is 9.79. The van der Waals surface area contributed by atoms with Crippen molar-refractivity contribution in [2.75, 3.05) is 0 Å². The fraction of sp³-hybridized carbons (Fsp3) is 0.923. The predicted molar refractivity (Wildman–Crippen MR) is 74.8 cm³/mol. The van der Waals surface area contributed by atoms with Crippen molar-refractivity contribution in [3.8, 4) is 0 Å². The Labute approximate surface area is 111 Å². The summed E-state index contributed by atoms with van der Waals surface area (Å²) < 4.78 is 5.42. The molecule has 0 heterocycles. The molecule has 1 aliphatic rings. The largest absolute Gasteiger partial charge is 0.437 e. The van der Waals surface area contributed by atoms with Crippen LogP contribution in [0, 0.1) is 0 Å². The van der Waals surface area contributed by atoms with E-state index in [2.05, 4.69) is 39.2 Å². The van der Waals surface area contributed by atoms with Gasteiger partial charge in [-0.25, -0.2) is 9.37 Å². The molecule has 1 N–H and O–H groups in total. The fourth-order valence-corrected chi connectivity index (χ4v) is 2.24. The van der Waals surface area contributed by atoms with Gasteiger partial charge in [0.1, 0.15) is 0 Å². The Hall–Kier alpha value is -0.553. The first-order valence-electron chi connectivity index (χ1n) is 6.88. The topological polar surface area (TPSA) is 47.6 Å². The van der Waals surface area contributed by atoms with Gasteiger partial charge in [0.15, 0.2) is 0 Å². The zero-order chi connectivity index (χ0) is 13.8. The Morgan fingerprint density at radius 2 is 1.72 bits per heavy atom. The summed E-state index contributed by atoms with van der Waals surface area (Å²) in [6.45, 7) is 10.5. The Balaban J connectivity index is 2.32. The van der Waals surface area contributed by atoms with Crippen molar-refractivity contribution in [1.82, 2.24) is 5.32 Å². The number of hydrogen-bond donors (Lipinski definition) is 1. The molecule has 106 valence electrons. The molecule has 0 aromatic rings. The highest BCUT2D eigenvalue weighted by atomic mass is 28.4. The van der Waals surface area contributed by atoms with Gasteiger partial charge in [0, 0.05) is 6.04 Å². The van der Waals surface area contributed by atoms with E-state index in [4.69, 9.17) is 9.46 Å². The quantitative estimate of drug-likeness (QED) is 0.480. The average Bonchev–Trinajstić information content (AvgIpc) is 2.26. The lowest BCUT2D eigenvalue weighted by Gasteiger charge is -2.33. The SMILES string of the molecule is CC(C)(C)[Si](C)(C)OOC(=O)NC1CCCCC1. The Morgan fingerprint density at radius 1 is 1.17 bits per heavy atom. The van der Waals surface area contributed by atoms with E-state index in [1.807, 2.05) is 0 Å². The molecule has 1 saturated carbocycles. The third-order valence-electron chi connectivity index (χ3n) is 4.06. The van der Waals surface area contributed by atoms with E-state index in [9.17, 15) is 4.79 Å². The standard InChI is InChI=1S/C13H27NO3Si/c1-13(2,3)18(4,5)17-16-12(15)14-11-9-7-6-8-10-11/h11H,6-10H2,1-5H3,(H,14,15). The normalized spacial score (nSPS) is 18.5. The Morgan fingerprint density at radius 3 is 2.22 bits per heavy atom. The molecular formula is C13H27NO3Si. The van der Waals surface area contributed by atoms with Crippen LogP contribution in [0.3, 0.4) is 0 Å². The van der Waals surface area contributed by atoms with Crippen molar-refractivity contribution < 1.29 is 14.3 Å². The van der Waals surface area contributed by atoms with E-state index < -0.39 is 14.4 Å². The monoisotopic (exact) mass is 273 g/mol. The Kier molecular flexibility index (Phi) is 5.22. The lowest BCUT2D eigenvalue weighted by molar-refractivity contribution is -0.158. The van der Waals surface area contributed by atoms with Crippen LogP contribution < -0.4 is 5.32 Å². The number of nitrogens with one attached hydrogen (secondary N) is 1. The van der Waals surface area contributed by atoms with E-state index in [1.54, 1.807) is 0 Å². The summed E-state index contributed by atoms with van der Waals surface area (Å²) in [5, 5.41) is 2.92. The molecule has 18 heavy (non-hydrogen) atoms. The average molecular weight is 273 g/mol. The number of carbonyl (C=O) groups excluding carboxylic acids is 1. The molecule has 0 spiro atoms. The smallest absolute Gasteiger partial charge is 0.316 e. The van der Waals surface area contributed by atoms with Gasteiger partial charge in [-0.2, -0.15) is 0 Å². The minimum Gasteiger partial charge on any atom is -0.316 e. The van der Waals surface area contributed by atoms with Crippen molar-refractivity contribution in [3.05, 3.63) is 0 Å². The van der Waals surface area contributed by atoms with Crippen LogP contribution in [-0.2, 0) is 9.46 Å². The van der Waals surface area contributed by atoms with Gasteiger partial charge in [-0.3, -0.25) is 4.89 Å². The van der Waals surface area contributed by atoms with Gasteiger partial charge in [0.2, 0.25) is 0 Å². The minimum atomic E-state index is -2.02. The predicted octanol–water partition coefficient (Wildman–Crippen LogP) is 3.98. The van der Waals surface area contributed by atoms with Crippen molar-refractivity contribution >= 4 is 14.4 Å². The van der Waals surface area contributed by atoms with Crippen molar-refractivity contribution in [2.45, 2.75) is 77.0 Å². The molecule has 0 bridgehead atoms. The number of carbonyl (C=O) groups is 1. The van der Waals surface area contributed by atoms with Gasteiger partial charge in [-0.15, -0.1) is 0 Å². The van der Waals surface area contributed by atoms with Crippen LogP contribution in [-0.4, -0.2) is 20.5 Å². The maximum atomic E-state index is 11.6. The van der Waals surface area contributed by atoms with Gasteiger partial charge in [-0.1, -0.05) is 40.0 Å². The van der Waals surface area contributed by atoms with E-state index >= 15 is 0 Å². The van der Waals surface area contributed by atoms with Crippen LogP contribution in [0.4, 0.5) is 4.79 Å². The summed E-state index contributed by atoms with van der Waals surface area (Å²) in [7, 11) is -2.02. The molecule has 0 aliphatic heterocycles. The van der Waals surface area contributed by atoms with Crippen LogP contribution in [0.1, 0.15) is 52.9 Å². The van der Waals surface area contributed by atoms with E-state index in [1.165, 1.54) is 19.3 Å². The molecule has 0 aromatic heterocycles. The second kappa shape index (κ2) is 6.06. The number of rotatable bonds is 3. The van der Waals surface area contributed by atoms with Crippen LogP contribution in [0.5, 0.6) is 0 Å². The zero-order valence-electron chi connectivity index (χ0n) is 12.3. The third kappa shape index (κ3) is 4.61. The van der Waals surface area contributed by atoms with Crippen LogP contribution in [0.25, 0.3) is 0 Å². The van der Waals surface area contributed by atoms with Gasteiger partial charge >= 0.3 is 6.09 Å². The maximum Gasteiger partial charge on any atom is 0.437 e. The Bertz CT molecular complexity index is 280.